The van der Waals surface area contributed by atoms with E-state index in [-0.39, 0.29) is 24.0 Å². The molecule has 3 N–H and O–H groups in total. The van der Waals surface area contributed by atoms with E-state index in [0.717, 1.165) is 4.57 Å². The summed E-state index contributed by atoms with van der Waals surface area (Å²) in [6.45, 7) is 0.320. The van der Waals surface area contributed by atoms with Gasteiger partial charge in [-0.15, -0.1) is 0 Å². The number of fused-ring (bicyclic) bond motifs is 1. The minimum atomic E-state index is -5.57. The van der Waals surface area contributed by atoms with E-state index in [9.17, 15) is 44.7 Å². The molecule has 1 aromatic rings. The van der Waals surface area contributed by atoms with E-state index < -0.39 is 89.8 Å². The second kappa shape index (κ2) is 9.47. The van der Waals surface area contributed by atoms with Crippen molar-refractivity contribution in [2.45, 2.75) is 63.2 Å². The molecule has 4 rings (SSSR count). The Balaban J connectivity index is 1.81. The van der Waals surface area contributed by atoms with Crippen LogP contribution in [0.2, 0.25) is 0 Å². The molecule has 1 saturated carbocycles. The van der Waals surface area contributed by atoms with Crippen molar-refractivity contribution in [1.29, 1.82) is 0 Å². The summed E-state index contributed by atoms with van der Waals surface area (Å²) >= 11 is 0. The van der Waals surface area contributed by atoms with E-state index in [1.165, 1.54) is 11.8 Å². The molecule has 0 amide bonds. The fourth-order valence-corrected chi connectivity index (χ4v) is 5.73. The topological polar surface area (TPSA) is 84.1 Å². The summed E-state index contributed by atoms with van der Waals surface area (Å²) in [6.07, 6.45) is -17.4. The standard InChI is InChI=1S/C22H25F9N4O2/c1-8-16-14(19(36)33-20(37)35(16)11-2-3-11)13(18(24)25)15(23)17(8)34-6-9(10(5-32)7-34)4-12(21(26,27)28)22(29,30)31/h9-12,15,17-18H,2-7,32H2,1H3,(H,33,36,37). The minimum Gasteiger partial charge on any atom is -0.330 e. The second-order valence-corrected chi connectivity index (χ2v) is 9.95. The first-order chi connectivity index (χ1) is 17.1. The normalized spacial score (nSPS) is 27.5. The summed E-state index contributed by atoms with van der Waals surface area (Å²) in [6, 6.07) is -1.94. The minimum absolute atomic E-state index is 0.0293. The molecule has 208 valence electrons. The molecule has 2 fully saturated rings. The van der Waals surface area contributed by atoms with Crippen LogP contribution in [0.1, 0.15) is 32.2 Å². The zero-order chi connectivity index (χ0) is 27.6. The molecular weight excluding hydrogens is 523 g/mol. The lowest BCUT2D eigenvalue weighted by molar-refractivity contribution is -0.288. The van der Waals surface area contributed by atoms with E-state index in [1.807, 2.05) is 4.98 Å². The average Bonchev–Trinajstić information content (AvgIpc) is 3.50. The summed E-state index contributed by atoms with van der Waals surface area (Å²) in [5, 5.41) is -0.843. The van der Waals surface area contributed by atoms with E-state index in [2.05, 4.69) is 0 Å². The van der Waals surface area contributed by atoms with Crippen LogP contribution in [0.25, 0.3) is 11.1 Å². The number of nitrogens with one attached hydrogen (secondary N) is 1. The Hall–Kier alpha value is -2.29. The van der Waals surface area contributed by atoms with Crippen molar-refractivity contribution in [2.75, 3.05) is 19.6 Å². The third kappa shape index (κ3) is 4.95. The molecule has 0 bridgehead atoms. The molecule has 6 nitrogen and oxygen atoms in total. The molecule has 1 aliphatic heterocycles. The van der Waals surface area contributed by atoms with Gasteiger partial charge in [0.15, 0.2) is 5.92 Å². The molecule has 15 heteroatoms. The van der Waals surface area contributed by atoms with Crippen LogP contribution in [-0.4, -0.2) is 65.1 Å². The van der Waals surface area contributed by atoms with Gasteiger partial charge in [0.2, 0.25) is 0 Å². The summed E-state index contributed by atoms with van der Waals surface area (Å²) in [5.74, 6) is -5.77. The number of aromatic amines is 1. The third-order valence-electron chi connectivity index (χ3n) is 7.60. The Morgan fingerprint density at radius 3 is 2.08 bits per heavy atom. The molecule has 4 atom stereocenters. The van der Waals surface area contributed by atoms with E-state index in [4.69, 9.17) is 5.73 Å². The van der Waals surface area contributed by atoms with Crippen molar-refractivity contribution in [1.82, 2.24) is 14.5 Å². The Morgan fingerprint density at radius 1 is 1.03 bits per heavy atom. The number of alkyl halides is 9. The number of likely N-dealkylation sites (tertiary alicyclic amines) is 1. The van der Waals surface area contributed by atoms with Crippen LogP contribution in [0, 0.1) is 17.8 Å². The Kier molecular flexibility index (Phi) is 7.10. The fourth-order valence-electron chi connectivity index (χ4n) is 5.73. The highest BCUT2D eigenvalue weighted by Crippen LogP contribution is 2.46. The van der Waals surface area contributed by atoms with Crippen LogP contribution in [0.3, 0.4) is 0 Å². The fraction of sp³-hybridized carbons (Fsp3) is 0.727. The lowest BCUT2D eigenvalue weighted by atomic mass is 9.86. The number of H-pyrrole nitrogens is 1. The number of halogens is 9. The summed E-state index contributed by atoms with van der Waals surface area (Å²) < 4.78 is 124. The lowest BCUT2D eigenvalue weighted by Gasteiger charge is -2.35. The molecule has 3 aliphatic rings. The van der Waals surface area contributed by atoms with Gasteiger partial charge in [-0.2, -0.15) is 26.3 Å². The highest BCUT2D eigenvalue weighted by Gasteiger charge is 2.58. The maximum Gasteiger partial charge on any atom is 0.400 e. The lowest BCUT2D eigenvalue weighted by Crippen LogP contribution is -2.62. The Bertz CT molecular complexity index is 1270. The molecule has 0 aromatic carbocycles. The quantitative estimate of drug-likeness (QED) is 0.532. The van der Waals surface area contributed by atoms with Crippen LogP contribution < -0.4 is 27.6 Å². The van der Waals surface area contributed by atoms with Gasteiger partial charge in [0.25, 0.3) is 12.0 Å². The van der Waals surface area contributed by atoms with E-state index in [0.29, 0.717) is 12.8 Å². The van der Waals surface area contributed by atoms with Gasteiger partial charge in [-0.1, -0.05) is 0 Å². The molecule has 0 spiro atoms. The number of rotatable bonds is 6. The number of aromatic nitrogens is 2. The van der Waals surface area contributed by atoms with Crippen LogP contribution in [-0.2, 0) is 0 Å². The van der Waals surface area contributed by atoms with Gasteiger partial charge >= 0.3 is 18.0 Å². The van der Waals surface area contributed by atoms with Gasteiger partial charge in [0.05, 0.1) is 16.6 Å². The van der Waals surface area contributed by atoms with Gasteiger partial charge in [0, 0.05) is 24.7 Å². The van der Waals surface area contributed by atoms with Crippen LogP contribution in [0.15, 0.2) is 9.59 Å². The van der Waals surface area contributed by atoms with Crippen molar-refractivity contribution in [2.24, 2.45) is 23.5 Å². The molecule has 2 aliphatic carbocycles. The summed E-state index contributed by atoms with van der Waals surface area (Å²) in [7, 11) is 0. The van der Waals surface area contributed by atoms with Gasteiger partial charge in [-0.3, -0.25) is 19.2 Å². The number of nitrogens with zero attached hydrogens (tertiary/aromatic N) is 2. The van der Waals surface area contributed by atoms with Crippen molar-refractivity contribution in [3.63, 3.8) is 0 Å². The van der Waals surface area contributed by atoms with Crippen molar-refractivity contribution >= 4 is 11.1 Å². The maximum absolute atomic E-state index is 15.8. The van der Waals surface area contributed by atoms with Gasteiger partial charge < -0.3 is 5.73 Å². The number of nitrogens with two attached hydrogens (primary N) is 1. The summed E-state index contributed by atoms with van der Waals surface area (Å²) in [5.41, 5.74) is 2.44. The zero-order valence-electron chi connectivity index (χ0n) is 19.5. The number of hydrogen-bond acceptors (Lipinski definition) is 4. The van der Waals surface area contributed by atoms with Crippen LogP contribution >= 0.6 is 0 Å². The number of hydrogen-bond donors (Lipinski definition) is 2. The maximum atomic E-state index is 15.8. The summed E-state index contributed by atoms with van der Waals surface area (Å²) in [4.78, 5) is 28.2. The van der Waals surface area contributed by atoms with Crippen LogP contribution in [0.5, 0.6) is 0 Å². The predicted octanol–water partition coefficient (Wildman–Crippen LogP) is 1.82. The predicted molar refractivity (Wildman–Crippen MR) is 114 cm³/mol. The SMILES string of the molecule is CC1=c2c(c(=O)[nH]c(=O)n2C2CC2)=C(C(F)F)C(F)C1N1CC(CN)C(CC(C(F)(F)F)C(F)(F)F)C1. The molecule has 4 unspecified atom stereocenters. The highest BCUT2D eigenvalue weighted by molar-refractivity contribution is 5.65. The molecule has 0 radical (unpaired) electrons. The third-order valence-corrected chi connectivity index (χ3v) is 7.60. The monoisotopic (exact) mass is 548 g/mol. The molecular formula is C22H25F9N4O2. The molecule has 1 saturated heterocycles. The van der Waals surface area contributed by atoms with Crippen molar-refractivity contribution in [3.8, 4) is 0 Å². The molecule has 1 aromatic heterocycles. The molecule has 37 heavy (non-hydrogen) atoms. The van der Waals surface area contributed by atoms with Gasteiger partial charge in [-0.05, 0) is 50.1 Å². The van der Waals surface area contributed by atoms with E-state index >= 15 is 4.39 Å². The van der Waals surface area contributed by atoms with Gasteiger partial charge in [0.1, 0.15) is 6.17 Å². The largest absolute Gasteiger partial charge is 0.400 e. The van der Waals surface area contributed by atoms with Crippen LogP contribution in [0.4, 0.5) is 39.5 Å². The first-order valence-corrected chi connectivity index (χ1v) is 11.7. The smallest absolute Gasteiger partial charge is 0.330 e. The average molecular weight is 548 g/mol. The van der Waals surface area contributed by atoms with E-state index in [1.54, 1.807) is 0 Å². The Morgan fingerprint density at radius 2 is 1.59 bits per heavy atom. The second-order valence-electron chi connectivity index (χ2n) is 9.95. The zero-order valence-corrected chi connectivity index (χ0v) is 19.5. The highest BCUT2D eigenvalue weighted by atomic mass is 19.4. The molecule has 2 heterocycles. The van der Waals surface area contributed by atoms with Gasteiger partial charge in [-0.25, -0.2) is 18.0 Å². The first-order valence-electron chi connectivity index (χ1n) is 11.7. The van der Waals surface area contributed by atoms with Crippen molar-refractivity contribution < 1.29 is 39.5 Å². The Labute approximate surface area is 203 Å². The van der Waals surface area contributed by atoms with Crippen molar-refractivity contribution in [3.05, 3.63) is 31.4 Å². The first kappa shape index (κ1) is 27.7.